The number of hydrogen-bond acceptors (Lipinski definition) is 0. The van der Waals surface area contributed by atoms with Crippen LogP contribution in [0.25, 0.3) is 0 Å². The van der Waals surface area contributed by atoms with Gasteiger partial charge in [0.05, 0.1) is 5.38 Å². The smallest absolute Gasteiger partial charge is 0.123 e. The number of benzene rings is 1. The molecule has 1 unspecified atom stereocenters. The zero-order chi connectivity index (χ0) is 14.3. The van der Waals surface area contributed by atoms with E-state index in [1.54, 1.807) is 12.1 Å². The molecule has 1 atom stereocenters. The summed E-state index contributed by atoms with van der Waals surface area (Å²) in [5, 5.41) is 0.0202. The Morgan fingerprint density at radius 1 is 1.00 bits per heavy atom. The maximum Gasteiger partial charge on any atom is 0.123 e. The van der Waals surface area contributed by atoms with Gasteiger partial charge in [-0.25, -0.2) is 4.39 Å². The van der Waals surface area contributed by atoms with Crippen molar-refractivity contribution in [3.63, 3.8) is 0 Å². The van der Waals surface area contributed by atoms with Crippen LogP contribution in [-0.4, -0.2) is 0 Å². The molecule has 0 saturated heterocycles. The van der Waals surface area contributed by atoms with Gasteiger partial charge < -0.3 is 0 Å². The first-order chi connectivity index (χ1) is 9.06. The molecular formula is C17H26ClF. The van der Waals surface area contributed by atoms with Crippen LogP contribution in [0.5, 0.6) is 0 Å². The molecule has 1 rings (SSSR count). The molecule has 0 spiro atoms. The molecule has 0 saturated carbocycles. The fourth-order valence-corrected chi connectivity index (χ4v) is 3.16. The number of alkyl halides is 1. The highest BCUT2D eigenvalue weighted by atomic mass is 35.5. The average Bonchev–Trinajstić information content (AvgIpc) is 2.32. The largest absolute Gasteiger partial charge is 0.207 e. The summed E-state index contributed by atoms with van der Waals surface area (Å²) < 4.78 is 13.3. The van der Waals surface area contributed by atoms with E-state index in [1.165, 1.54) is 32.1 Å². The lowest BCUT2D eigenvalue weighted by atomic mass is 9.96. The van der Waals surface area contributed by atoms with Crippen LogP contribution in [0, 0.1) is 19.7 Å². The first-order valence-electron chi connectivity index (χ1n) is 7.47. The third-order valence-electron chi connectivity index (χ3n) is 3.68. The van der Waals surface area contributed by atoms with Crippen molar-refractivity contribution in [1.29, 1.82) is 0 Å². The molecule has 1 aromatic rings. The van der Waals surface area contributed by atoms with Crippen molar-refractivity contribution in [2.24, 2.45) is 0 Å². The Bertz CT molecular complexity index is 364. The van der Waals surface area contributed by atoms with Gasteiger partial charge in [0, 0.05) is 0 Å². The lowest BCUT2D eigenvalue weighted by molar-refractivity contribution is 0.582. The van der Waals surface area contributed by atoms with Gasteiger partial charge in [0.2, 0.25) is 0 Å². The number of aryl methyl sites for hydroxylation is 2. The zero-order valence-electron chi connectivity index (χ0n) is 12.4. The van der Waals surface area contributed by atoms with Gasteiger partial charge in [0.25, 0.3) is 0 Å². The maximum atomic E-state index is 13.3. The minimum absolute atomic E-state index is 0.0202. The van der Waals surface area contributed by atoms with Crippen LogP contribution in [0.3, 0.4) is 0 Å². The number of unbranched alkanes of at least 4 members (excludes halogenated alkanes) is 5. The van der Waals surface area contributed by atoms with Crippen molar-refractivity contribution in [2.75, 3.05) is 0 Å². The van der Waals surface area contributed by atoms with Crippen LogP contribution in [0.1, 0.15) is 73.9 Å². The second-order valence-corrected chi connectivity index (χ2v) is 6.00. The molecule has 0 aromatic heterocycles. The molecule has 0 aliphatic rings. The first kappa shape index (κ1) is 16.5. The van der Waals surface area contributed by atoms with Gasteiger partial charge in [-0.05, 0) is 49.1 Å². The van der Waals surface area contributed by atoms with Gasteiger partial charge in [-0.3, -0.25) is 0 Å². The van der Waals surface area contributed by atoms with E-state index in [2.05, 4.69) is 6.92 Å². The molecule has 2 heteroatoms. The SMILES string of the molecule is CCCCCCCCC(Cl)c1c(C)cc(F)cc1C. The van der Waals surface area contributed by atoms with Crippen LogP contribution >= 0.6 is 11.6 Å². The van der Waals surface area contributed by atoms with Gasteiger partial charge in [-0.1, -0.05) is 45.4 Å². The third-order valence-corrected chi connectivity index (χ3v) is 4.12. The fourth-order valence-electron chi connectivity index (χ4n) is 2.66. The minimum atomic E-state index is -0.165. The topological polar surface area (TPSA) is 0 Å². The Balaban J connectivity index is 2.43. The molecular weight excluding hydrogens is 259 g/mol. The Hall–Kier alpha value is -0.560. The molecule has 0 aliphatic heterocycles. The van der Waals surface area contributed by atoms with Crippen molar-refractivity contribution in [3.8, 4) is 0 Å². The lowest BCUT2D eigenvalue weighted by Crippen LogP contribution is -1.99. The summed E-state index contributed by atoms with van der Waals surface area (Å²) in [6.07, 6.45) is 8.65. The Labute approximate surface area is 122 Å². The van der Waals surface area contributed by atoms with E-state index in [9.17, 15) is 4.39 Å². The summed E-state index contributed by atoms with van der Waals surface area (Å²) in [6.45, 7) is 6.12. The second-order valence-electron chi connectivity index (χ2n) is 5.48. The van der Waals surface area contributed by atoms with Crippen molar-refractivity contribution in [1.82, 2.24) is 0 Å². The number of hydrogen-bond donors (Lipinski definition) is 0. The van der Waals surface area contributed by atoms with E-state index in [0.29, 0.717) is 0 Å². The summed E-state index contributed by atoms with van der Waals surface area (Å²) >= 11 is 6.49. The average molecular weight is 285 g/mol. The highest BCUT2D eigenvalue weighted by Gasteiger charge is 2.14. The van der Waals surface area contributed by atoms with E-state index in [4.69, 9.17) is 11.6 Å². The molecule has 0 radical (unpaired) electrons. The highest BCUT2D eigenvalue weighted by Crippen LogP contribution is 2.32. The number of halogens is 2. The predicted molar refractivity (Wildman–Crippen MR) is 82.5 cm³/mol. The molecule has 0 amide bonds. The van der Waals surface area contributed by atoms with Crippen LogP contribution in [0.15, 0.2) is 12.1 Å². The van der Waals surface area contributed by atoms with Gasteiger partial charge in [0.15, 0.2) is 0 Å². The van der Waals surface area contributed by atoms with Crippen molar-refractivity contribution < 1.29 is 4.39 Å². The molecule has 0 aliphatic carbocycles. The van der Waals surface area contributed by atoms with Crippen molar-refractivity contribution in [3.05, 3.63) is 34.6 Å². The summed E-state index contributed by atoms with van der Waals surface area (Å²) in [7, 11) is 0. The molecule has 19 heavy (non-hydrogen) atoms. The second kappa shape index (κ2) is 8.58. The van der Waals surface area contributed by atoms with E-state index in [0.717, 1.165) is 29.5 Å². The first-order valence-corrected chi connectivity index (χ1v) is 7.90. The van der Waals surface area contributed by atoms with Crippen molar-refractivity contribution >= 4 is 11.6 Å². The summed E-state index contributed by atoms with van der Waals surface area (Å²) in [5.74, 6) is -0.165. The maximum absolute atomic E-state index is 13.3. The molecule has 0 heterocycles. The molecule has 108 valence electrons. The summed E-state index contributed by atoms with van der Waals surface area (Å²) in [5.41, 5.74) is 3.07. The van der Waals surface area contributed by atoms with Gasteiger partial charge in [0.1, 0.15) is 5.82 Å². The number of rotatable bonds is 8. The quantitative estimate of drug-likeness (QED) is 0.379. The van der Waals surface area contributed by atoms with Crippen LogP contribution < -0.4 is 0 Å². The van der Waals surface area contributed by atoms with Crippen molar-refractivity contribution in [2.45, 2.75) is 71.1 Å². The molecule has 0 nitrogen and oxygen atoms in total. The fraction of sp³-hybridized carbons (Fsp3) is 0.647. The molecule has 0 fully saturated rings. The lowest BCUT2D eigenvalue weighted by Gasteiger charge is -2.16. The van der Waals surface area contributed by atoms with E-state index < -0.39 is 0 Å². The predicted octanol–water partition coefficient (Wildman–Crippen LogP) is 6.47. The highest BCUT2D eigenvalue weighted by molar-refractivity contribution is 6.21. The molecule has 0 bridgehead atoms. The standard InChI is InChI=1S/C17H26ClF/c1-4-5-6-7-8-9-10-16(18)17-13(2)11-15(19)12-14(17)3/h11-12,16H,4-10H2,1-3H3. The van der Waals surface area contributed by atoms with E-state index in [1.807, 2.05) is 13.8 Å². The van der Waals surface area contributed by atoms with Gasteiger partial charge in [-0.2, -0.15) is 0 Å². The summed E-state index contributed by atoms with van der Waals surface area (Å²) in [6, 6.07) is 3.16. The normalized spacial score (nSPS) is 12.7. The third kappa shape index (κ3) is 5.52. The minimum Gasteiger partial charge on any atom is -0.207 e. The van der Waals surface area contributed by atoms with Gasteiger partial charge in [-0.15, -0.1) is 11.6 Å². The summed E-state index contributed by atoms with van der Waals surface area (Å²) in [4.78, 5) is 0. The van der Waals surface area contributed by atoms with E-state index >= 15 is 0 Å². The van der Waals surface area contributed by atoms with Crippen LogP contribution in [0.4, 0.5) is 4.39 Å². The van der Waals surface area contributed by atoms with Crippen LogP contribution in [0.2, 0.25) is 0 Å². The van der Waals surface area contributed by atoms with Gasteiger partial charge >= 0.3 is 0 Å². The zero-order valence-corrected chi connectivity index (χ0v) is 13.2. The Kier molecular flexibility index (Phi) is 7.45. The monoisotopic (exact) mass is 284 g/mol. The van der Waals surface area contributed by atoms with Crippen LogP contribution in [-0.2, 0) is 0 Å². The molecule has 0 N–H and O–H groups in total. The Morgan fingerprint density at radius 2 is 1.53 bits per heavy atom. The molecule has 1 aromatic carbocycles. The Morgan fingerprint density at radius 3 is 2.11 bits per heavy atom. The van der Waals surface area contributed by atoms with E-state index in [-0.39, 0.29) is 11.2 Å².